The van der Waals surface area contributed by atoms with E-state index in [-0.39, 0.29) is 12.5 Å². The van der Waals surface area contributed by atoms with Crippen molar-refractivity contribution in [2.45, 2.75) is 19.8 Å². The molecule has 1 amide bonds. The van der Waals surface area contributed by atoms with E-state index in [0.29, 0.717) is 11.7 Å². The summed E-state index contributed by atoms with van der Waals surface area (Å²) in [5.41, 5.74) is 4.64. The number of amides is 1. The lowest BCUT2D eigenvalue weighted by atomic mass is 10.0. The van der Waals surface area contributed by atoms with Crippen LogP contribution < -0.4 is 14.9 Å². The van der Waals surface area contributed by atoms with Crippen molar-refractivity contribution in [2.75, 3.05) is 13.7 Å². The Balaban J connectivity index is 1.77. The van der Waals surface area contributed by atoms with E-state index in [1.165, 1.54) is 5.56 Å². The van der Waals surface area contributed by atoms with Crippen molar-refractivity contribution in [2.24, 2.45) is 5.10 Å². The predicted octanol–water partition coefficient (Wildman–Crippen LogP) is 3.35. The number of carbonyl (C=O) groups is 1. The molecule has 2 aromatic carbocycles. The fourth-order valence-corrected chi connectivity index (χ4v) is 2.00. The van der Waals surface area contributed by atoms with Gasteiger partial charge >= 0.3 is 0 Å². The monoisotopic (exact) mass is 326 g/mol. The molecule has 5 heteroatoms. The number of hydrazone groups is 1. The first kappa shape index (κ1) is 17.5. The van der Waals surface area contributed by atoms with Gasteiger partial charge < -0.3 is 9.47 Å². The molecule has 0 bridgehead atoms. The van der Waals surface area contributed by atoms with Gasteiger partial charge in [0.25, 0.3) is 5.91 Å². The van der Waals surface area contributed by atoms with Crippen molar-refractivity contribution in [3.8, 4) is 11.5 Å². The molecule has 0 radical (unpaired) electrons. The molecule has 126 valence electrons. The third kappa shape index (κ3) is 5.43. The normalized spacial score (nSPS) is 10.8. The van der Waals surface area contributed by atoms with Gasteiger partial charge in [0.2, 0.25) is 0 Å². The largest absolute Gasteiger partial charge is 0.497 e. The van der Waals surface area contributed by atoms with Gasteiger partial charge in [-0.3, -0.25) is 4.79 Å². The second-order valence-electron chi connectivity index (χ2n) is 5.58. The molecule has 0 aliphatic rings. The first-order valence-electron chi connectivity index (χ1n) is 7.77. The van der Waals surface area contributed by atoms with Gasteiger partial charge in [0.05, 0.1) is 13.3 Å². The van der Waals surface area contributed by atoms with Crippen LogP contribution in [0.25, 0.3) is 0 Å². The average molecular weight is 326 g/mol. The fraction of sp³-hybridized carbons (Fsp3) is 0.263. The zero-order valence-corrected chi connectivity index (χ0v) is 14.2. The highest BCUT2D eigenvalue weighted by atomic mass is 16.5. The zero-order chi connectivity index (χ0) is 17.4. The number of benzene rings is 2. The molecule has 0 saturated carbocycles. The summed E-state index contributed by atoms with van der Waals surface area (Å²) in [5, 5.41) is 3.93. The van der Waals surface area contributed by atoms with Crippen LogP contribution in [0.3, 0.4) is 0 Å². The summed E-state index contributed by atoms with van der Waals surface area (Å²) >= 11 is 0. The standard InChI is InChI=1S/C19H22N2O3/c1-14(2)16-6-4-15(5-7-16)12-20-21-19(22)13-24-18-10-8-17(23-3)9-11-18/h4-12,14H,13H2,1-3H3,(H,21,22). The second-order valence-corrected chi connectivity index (χ2v) is 5.58. The average Bonchev–Trinajstić information content (AvgIpc) is 2.61. The van der Waals surface area contributed by atoms with E-state index in [1.807, 2.05) is 12.1 Å². The molecule has 0 aliphatic heterocycles. The number of ether oxygens (including phenoxy) is 2. The lowest BCUT2D eigenvalue weighted by Crippen LogP contribution is -2.24. The molecular weight excluding hydrogens is 304 g/mol. The number of nitrogens with one attached hydrogen (secondary N) is 1. The molecule has 5 nitrogen and oxygen atoms in total. The van der Waals surface area contributed by atoms with Crippen LogP contribution in [0.5, 0.6) is 11.5 Å². The Morgan fingerprint density at radius 3 is 2.29 bits per heavy atom. The molecule has 0 aliphatic carbocycles. The van der Waals surface area contributed by atoms with Crippen molar-refractivity contribution < 1.29 is 14.3 Å². The summed E-state index contributed by atoms with van der Waals surface area (Å²) in [6.07, 6.45) is 1.61. The van der Waals surface area contributed by atoms with Crippen molar-refractivity contribution in [1.29, 1.82) is 0 Å². The van der Waals surface area contributed by atoms with Crippen LogP contribution >= 0.6 is 0 Å². The number of hydrogen-bond donors (Lipinski definition) is 1. The Bertz CT molecular complexity index is 677. The van der Waals surface area contributed by atoms with E-state index in [4.69, 9.17) is 9.47 Å². The van der Waals surface area contributed by atoms with Gasteiger partial charge in [0, 0.05) is 0 Å². The zero-order valence-electron chi connectivity index (χ0n) is 14.2. The van der Waals surface area contributed by atoms with Gasteiger partial charge in [0.1, 0.15) is 11.5 Å². The molecule has 0 atom stereocenters. The molecule has 0 aromatic heterocycles. The van der Waals surface area contributed by atoms with Gasteiger partial charge in [-0.25, -0.2) is 5.43 Å². The maximum atomic E-state index is 11.7. The van der Waals surface area contributed by atoms with E-state index >= 15 is 0 Å². The number of nitrogens with zero attached hydrogens (tertiary/aromatic N) is 1. The van der Waals surface area contributed by atoms with Gasteiger partial charge in [0.15, 0.2) is 6.61 Å². The van der Waals surface area contributed by atoms with E-state index < -0.39 is 0 Å². The van der Waals surface area contributed by atoms with Crippen LogP contribution in [0, 0.1) is 0 Å². The summed E-state index contributed by atoms with van der Waals surface area (Å²) < 4.78 is 10.4. The van der Waals surface area contributed by atoms with Gasteiger partial charge in [-0.1, -0.05) is 38.1 Å². The second kappa shape index (κ2) is 8.72. The molecule has 2 rings (SSSR count). The molecule has 0 spiro atoms. The van der Waals surface area contributed by atoms with Gasteiger partial charge in [-0.05, 0) is 41.3 Å². The molecule has 0 fully saturated rings. The van der Waals surface area contributed by atoms with Crippen LogP contribution in [0.15, 0.2) is 53.6 Å². The van der Waals surface area contributed by atoms with E-state index in [9.17, 15) is 4.79 Å². The molecule has 0 unspecified atom stereocenters. The van der Waals surface area contributed by atoms with Crippen molar-refractivity contribution >= 4 is 12.1 Å². The summed E-state index contributed by atoms with van der Waals surface area (Å²) in [6.45, 7) is 4.19. The summed E-state index contributed by atoms with van der Waals surface area (Å²) in [6, 6.07) is 15.1. The number of hydrogen-bond acceptors (Lipinski definition) is 4. The van der Waals surface area contributed by atoms with E-state index in [0.717, 1.165) is 11.3 Å². The molecule has 2 aromatic rings. The van der Waals surface area contributed by atoms with Crippen LogP contribution in [0.2, 0.25) is 0 Å². The molecule has 0 saturated heterocycles. The van der Waals surface area contributed by atoms with Gasteiger partial charge in [-0.2, -0.15) is 5.10 Å². The minimum Gasteiger partial charge on any atom is -0.497 e. The minimum absolute atomic E-state index is 0.101. The van der Waals surface area contributed by atoms with Crippen LogP contribution in [0.4, 0.5) is 0 Å². The molecule has 24 heavy (non-hydrogen) atoms. The van der Waals surface area contributed by atoms with E-state index in [2.05, 4.69) is 36.5 Å². The number of methoxy groups -OCH3 is 1. The fourth-order valence-electron chi connectivity index (χ4n) is 2.00. The van der Waals surface area contributed by atoms with Crippen molar-refractivity contribution in [3.63, 3.8) is 0 Å². The lowest BCUT2D eigenvalue weighted by molar-refractivity contribution is -0.123. The Morgan fingerprint density at radius 2 is 1.71 bits per heavy atom. The third-order valence-electron chi connectivity index (χ3n) is 3.44. The highest BCUT2D eigenvalue weighted by Crippen LogP contribution is 2.16. The third-order valence-corrected chi connectivity index (χ3v) is 3.44. The molecule has 0 heterocycles. The number of carbonyl (C=O) groups excluding carboxylic acids is 1. The summed E-state index contributed by atoms with van der Waals surface area (Å²) in [5.74, 6) is 1.51. The van der Waals surface area contributed by atoms with E-state index in [1.54, 1.807) is 37.6 Å². The highest BCUT2D eigenvalue weighted by Gasteiger charge is 2.02. The van der Waals surface area contributed by atoms with Gasteiger partial charge in [-0.15, -0.1) is 0 Å². The van der Waals surface area contributed by atoms with Crippen molar-refractivity contribution in [1.82, 2.24) is 5.43 Å². The van der Waals surface area contributed by atoms with Crippen LogP contribution in [0.1, 0.15) is 30.9 Å². The first-order chi connectivity index (χ1) is 11.6. The Kier molecular flexibility index (Phi) is 6.37. The molecule has 1 N–H and O–H groups in total. The summed E-state index contributed by atoms with van der Waals surface area (Å²) in [7, 11) is 1.59. The topological polar surface area (TPSA) is 59.9 Å². The Labute approximate surface area is 142 Å². The smallest absolute Gasteiger partial charge is 0.277 e. The quantitative estimate of drug-likeness (QED) is 0.627. The minimum atomic E-state index is -0.319. The van der Waals surface area contributed by atoms with Crippen LogP contribution in [-0.4, -0.2) is 25.8 Å². The first-order valence-corrected chi connectivity index (χ1v) is 7.77. The predicted molar refractivity (Wildman–Crippen MR) is 94.8 cm³/mol. The molecular formula is C19H22N2O3. The number of rotatable bonds is 7. The SMILES string of the molecule is COc1ccc(OCC(=O)NN=Cc2ccc(C(C)C)cc2)cc1. The maximum absolute atomic E-state index is 11.7. The maximum Gasteiger partial charge on any atom is 0.277 e. The summed E-state index contributed by atoms with van der Waals surface area (Å²) in [4.78, 5) is 11.7. The highest BCUT2D eigenvalue weighted by molar-refractivity contribution is 5.82. The van der Waals surface area contributed by atoms with Crippen molar-refractivity contribution in [3.05, 3.63) is 59.7 Å². The Hall–Kier alpha value is -2.82. The van der Waals surface area contributed by atoms with Crippen LogP contribution in [-0.2, 0) is 4.79 Å². The lowest BCUT2D eigenvalue weighted by Gasteiger charge is -2.06. The Morgan fingerprint density at radius 1 is 1.08 bits per heavy atom.